The fraction of sp³-hybridized carbons (Fsp3) is 0.222. The highest BCUT2D eigenvalue weighted by Crippen LogP contribution is 2.41. The molecule has 0 saturated carbocycles. The van der Waals surface area contributed by atoms with E-state index in [1.165, 1.54) is 0 Å². The zero-order chi connectivity index (χ0) is 14.3. The Morgan fingerprint density at radius 1 is 0.944 bits per heavy atom. The van der Waals surface area contributed by atoms with E-state index in [2.05, 4.69) is 0 Å². The first kappa shape index (κ1) is 15.1. The van der Waals surface area contributed by atoms with E-state index in [9.17, 15) is 31.1 Å². The summed E-state index contributed by atoms with van der Waals surface area (Å²) in [6.07, 6.45) is -10.7. The van der Waals surface area contributed by atoms with Gasteiger partial charge >= 0.3 is 12.4 Å². The van der Waals surface area contributed by atoms with Crippen LogP contribution in [-0.2, 0) is 6.18 Å². The molecule has 9 heteroatoms. The van der Waals surface area contributed by atoms with Crippen LogP contribution in [0, 0.1) is 0 Å². The van der Waals surface area contributed by atoms with Gasteiger partial charge in [0.15, 0.2) is 0 Å². The summed E-state index contributed by atoms with van der Waals surface area (Å²) in [6, 6.07) is 1.36. The van der Waals surface area contributed by atoms with Crippen LogP contribution < -0.4 is 0 Å². The molecule has 0 saturated heterocycles. The smallest absolute Gasteiger partial charge is 0.284 e. The fourth-order valence-electron chi connectivity index (χ4n) is 1.19. The van der Waals surface area contributed by atoms with E-state index in [0.717, 1.165) is 0 Å². The van der Waals surface area contributed by atoms with Crippen molar-refractivity contribution in [1.29, 1.82) is 0 Å². The van der Waals surface area contributed by atoms with Crippen molar-refractivity contribution in [2.24, 2.45) is 0 Å². The van der Waals surface area contributed by atoms with Crippen LogP contribution in [0.3, 0.4) is 0 Å². The highest BCUT2D eigenvalue weighted by atomic mass is 35.5. The van der Waals surface area contributed by atoms with E-state index in [1.807, 2.05) is 0 Å². The monoisotopic (exact) mass is 310 g/mol. The number of alkyl halides is 6. The zero-order valence-electron chi connectivity index (χ0n) is 8.09. The topological polar surface area (TPSA) is 17.1 Å². The summed E-state index contributed by atoms with van der Waals surface area (Å²) in [5, 5.41) is -1.99. The van der Waals surface area contributed by atoms with Crippen LogP contribution in [0.15, 0.2) is 12.1 Å². The van der Waals surface area contributed by atoms with E-state index in [-0.39, 0.29) is 0 Å². The van der Waals surface area contributed by atoms with E-state index >= 15 is 0 Å². The molecule has 0 aliphatic rings. The van der Waals surface area contributed by atoms with Crippen LogP contribution in [-0.4, -0.2) is 12.0 Å². The number of carbonyl (C=O) groups excluding carboxylic acids is 1. The Labute approximate surface area is 106 Å². The maximum absolute atomic E-state index is 12.6. The molecule has 0 spiro atoms. The lowest BCUT2D eigenvalue weighted by atomic mass is 10.0. The van der Waals surface area contributed by atoms with Gasteiger partial charge in [-0.1, -0.05) is 23.2 Å². The molecule has 0 unspecified atom stereocenters. The normalized spacial score (nSPS) is 12.7. The van der Waals surface area contributed by atoms with Crippen molar-refractivity contribution in [2.75, 3.05) is 0 Å². The Morgan fingerprint density at radius 3 is 1.78 bits per heavy atom. The van der Waals surface area contributed by atoms with Gasteiger partial charge in [0.25, 0.3) is 5.78 Å². The molecule has 1 aromatic rings. The minimum atomic E-state index is -5.48. The predicted molar refractivity (Wildman–Crippen MR) is 51.8 cm³/mol. The van der Waals surface area contributed by atoms with Gasteiger partial charge in [-0.25, -0.2) is 0 Å². The molecule has 18 heavy (non-hydrogen) atoms. The zero-order valence-corrected chi connectivity index (χ0v) is 9.60. The standard InChI is InChI=1S/C9H2Cl2F6O/c10-3-1-2-4(11)6(8(12,13)14)5(3)7(18)9(15,16)17/h1-2H. The van der Waals surface area contributed by atoms with Gasteiger partial charge in [0.05, 0.1) is 21.2 Å². The third-order valence-corrected chi connectivity index (χ3v) is 2.50. The summed E-state index contributed by atoms with van der Waals surface area (Å²) in [4.78, 5) is 10.9. The van der Waals surface area contributed by atoms with Gasteiger partial charge in [0.2, 0.25) is 0 Å². The van der Waals surface area contributed by atoms with Crippen molar-refractivity contribution in [3.05, 3.63) is 33.3 Å². The number of Topliss-reactive ketones (excluding diaryl/α,β-unsaturated/α-hetero) is 1. The van der Waals surface area contributed by atoms with Crippen molar-refractivity contribution in [3.63, 3.8) is 0 Å². The summed E-state index contributed by atoms with van der Waals surface area (Å²) in [6.45, 7) is 0. The van der Waals surface area contributed by atoms with Crippen molar-refractivity contribution in [3.8, 4) is 0 Å². The lowest BCUT2D eigenvalue weighted by molar-refractivity contribution is -0.138. The molecule has 0 N–H and O–H groups in total. The lowest BCUT2D eigenvalue weighted by Gasteiger charge is -2.16. The third kappa shape index (κ3) is 2.89. The first-order valence-corrected chi connectivity index (χ1v) is 4.88. The Morgan fingerprint density at radius 2 is 1.39 bits per heavy atom. The van der Waals surface area contributed by atoms with E-state index in [4.69, 9.17) is 23.2 Å². The molecule has 0 atom stereocenters. The molecule has 100 valence electrons. The number of hydrogen-bond acceptors (Lipinski definition) is 1. The molecule has 0 radical (unpaired) electrons. The Bertz CT molecular complexity index is 491. The van der Waals surface area contributed by atoms with Crippen LogP contribution in [0.1, 0.15) is 15.9 Å². The molecule has 0 bridgehead atoms. The van der Waals surface area contributed by atoms with Crippen LogP contribution in [0.25, 0.3) is 0 Å². The molecular formula is C9H2Cl2F6O. The maximum atomic E-state index is 12.6. The summed E-state index contributed by atoms with van der Waals surface area (Å²) in [5.41, 5.74) is -3.58. The Kier molecular flexibility index (Phi) is 3.88. The van der Waals surface area contributed by atoms with Crippen LogP contribution >= 0.6 is 23.2 Å². The average Bonchev–Trinajstić information content (AvgIpc) is 2.16. The minimum absolute atomic E-state index is 0.667. The van der Waals surface area contributed by atoms with Gasteiger partial charge in [-0.3, -0.25) is 4.79 Å². The van der Waals surface area contributed by atoms with E-state index in [0.29, 0.717) is 12.1 Å². The molecule has 0 heterocycles. The van der Waals surface area contributed by atoms with Crippen molar-refractivity contribution in [1.82, 2.24) is 0 Å². The van der Waals surface area contributed by atoms with Gasteiger partial charge < -0.3 is 0 Å². The quantitative estimate of drug-likeness (QED) is 0.540. The van der Waals surface area contributed by atoms with Gasteiger partial charge in [-0.15, -0.1) is 0 Å². The second-order valence-corrected chi connectivity index (χ2v) is 3.92. The van der Waals surface area contributed by atoms with Crippen LogP contribution in [0.2, 0.25) is 10.0 Å². The second kappa shape index (κ2) is 4.62. The van der Waals surface area contributed by atoms with Crippen molar-refractivity contribution >= 4 is 29.0 Å². The van der Waals surface area contributed by atoms with Crippen LogP contribution in [0.4, 0.5) is 26.3 Å². The molecule has 0 fully saturated rings. The third-order valence-electron chi connectivity index (χ3n) is 1.87. The maximum Gasteiger partial charge on any atom is 0.454 e. The molecule has 0 aliphatic carbocycles. The second-order valence-electron chi connectivity index (χ2n) is 3.10. The lowest BCUT2D eigenvalue weighted by Crippen LogP contribution is -2.26. The largest absolute Gasteiger partial charge is 0.454 e. The molecule has 1 nitrogen and oxygen atoms in total. The summed E-state index contributed by atoms with van der Waals surface area (Å²) >= 11 is 10.4. The number of ketones is 1. The molecule has 0 aliphatic heterocycles. The minimum Gasteiger partial charge on any atom is -0.284 e. The summed E-state index contributed by atoms with van der Waals surface area (Å²) < 4.78 is 74.3. The number of hydrogen-bond donors (Lipinski definition) is 0. The van der Waals surface area contributed by atoms with Gasteiger partial charge in [0.1, 0.15) is 0 Å². The summed E-state index contributed by atoms with van der Waals surface area (Å²) in [5.74, 6) is -2.69. The highest BCUT2D eigenvalue weighted by molar-refractivity contribution is 6.37. The average molecular weight is 311 g/mol. The number of benzene rings is 1. The van der Waals surface area contributed by atoms with E-state index < -0.39 is 39.3 Å². The Balaban J connectivity index is 3.62. The van der Waals surface area contributed by atoms with E-state index in [1.54, 1.807) is 0 Å². The fourth-order valence-corrected chi connectivity index (χ4v) is 1.70. The molecule has 0 aromatic heterocycles. The highest BCUT2D eigenvalue weighted by Gasteiger charge is 2.47. The first-order chi connectivity index (χ1) is 7.96. The molecule has 0 amide bonds. The molecule has 1 rings (SSSR count). The number of rotatable bonds is 1. The SMILES string of the molecule is O=C(c1c(Cl)ccc(Cl)c1C(F)(F)F)C(F)(F)F. The van der Waals surface area contributed by atoms with Gasteiger partial charge in [-0.2, -0.15) is 26.3 Å². The molecule has 1 aromatic carbocycles. The van der Waals surface area contributed by atoms with Crippen molar-refractivity contribution in [2.45, 2.75) is 12.4 Å². The molecular weight excluding hydrogens is 309 g/mol. The number of halogens is 8. The summed E-state index contributed by atoms with van der Waals surface area (Å²) in [7, 11) is 0. The van der Waals surface area contributed by atoms with Crippen molar-refractivity contribution < 1.29 is 31.1 Å². The predicted octanol–water partition coefficient (Wildman–Crippen LogP) is 4.76. The number of carbonyl (C=O) groups is 1. The Hall–Kier alpha value is -0.950. The van der Waals surface area contributed by atoms with Gasteiger partial charge in [-0.05, 0) is 12.1 Å². The van der Waals surface area contributed by atoms with Gasteiger partial charge in [0, 0.05) is 0 Å². The van der Waals surface area contributed by atoms with Crippen LogP contribution in [0.5, 0.6) is 0 Å². The first-order valence-electron chi connectivity index (χ1n) is 4.13.